The number of hydrogen-bond acceptors (Lipinski definition) is 5. The molecular weight excluding hydrogens is 341 g/mol. The number of nitrogens with one attached hydrogen (secondary N) is 2. The molecule has 2 atom stereocenters. The van der Waals surface area contributed by atoms with Crippen LogP contribution in [0.5, 0.6) is 0 Å². The number of nitrogens with two attached hydrogens (primary N) is 2. The smallest absolute Gasteiger partial charge is 0.251 e. The highest BCUT2D eigenvalue weighted by atomic mass is 32.1. The van der Waals surface area contributed by atoms with Gasteiger partial charge in [-0.1, -0.05) is 0 Å². The van der Waals surface area contributed by atoms with Crippen LogP contribution in [0, 0.1) is 5.82 Å². The van der Waals surface area contributed by atoms with E-state index in [0.717, 1.165) is 23.9 Å². The number of aromatic amines is 1. The van der Waals surface area contributed by atoms with Gasteiger partial charge in [-0.3, -0.25) is 4.79 Å². The molecule has 2 aromatic heterocycles. The SMILES string of the molecule is CC(N)C1NCCc2cc(-c3nc4c(C(N)=O)cc(F)cc4[nH]3)sc21. The summed E-state index contributed by atoms with van der Waals surface area (Å²) in [4.78, 5) is 21.3. The van der Waals surface area contributed by atoms with E-state index >= 15 is 0 Å². The number of aromatic nitrogens is 2. The second-order valence-corrected chi connectivity index (χ2v) is 7.42. The summed E-state index contributed by atoms with van der Waals surface area (Å²) >= 11 is 1.61. The van der Waals surface area contributed by atoms with Gasteiger partial charge in [0.1, 0.15) is 17.2 Å². The number of rotatable bonds is 3. The molecule has 6 nitrogen and oxygen atoms in total. The van der Waals surface area contributed by atoms with Crippen LogP contribution >= 0.6 is 11.3 Å². The summed E-state index contributed by atoms with van der Waals surface area (Å²) in [6, 6.07) is 4.64. The van der Waals surface area contributed by atoms with Gasteiger partial charge in [-0.25, -0.2) is 9.37 Å². The molecule has 1 amide bonds. The van der Waals surface area contributed by atoms with E-state index in [4.69, 9.17) is 11.5 Å². The van der Waals surface area contributed by atoms with Crippen molar-refractivity contribution in [1.29, 1.82) is 0 Å². The fourth-order valence-corrected chi connectivity index (χ4v) is 4.63. The number of hydrogen-bond donors (Lipinski definition) is 4. The Labute approximate surface area is 147 Å². The molecule has 2 unspecified atom stereocenters. The minimum atomic E-state index is -0.700. The maximum atomic E-state index is 13.7. The van der Waals surface area contributed by atoms with E-state index in [9.17, 15) is 9.18 Å². The number of imidazole rings is 1. The summed E-state index contributed by atoms with van der Waals surface area (Å²) in [6.07, 6.45) is 0.927. The number of carbonyl (C=O) groups is 1. The number of nitrogens with zero attached hydrogens (tertiary/aromatic N) is 1. The topological polar surface area (TPSA) is 110 Å². The number of fused-ring (bicyclic) bond motifs is 2. The lowest BCUT2D eigenvalue weighted by Gasteiger charge is -2.26. The van der Waals surface area contributed by atoms with Gasteiger partial charge in [0, 0.05) is 10.9 Å². The van der Waals surface area contributed by atoms with E-state index < -0.39 is 11.7 Å². The first-order valence-corrected chi connectivity index (χ1v) is 8.86. The maximum absolute atomic E-state index is 13.7. The van der Waals surface area contributed by atoms with Crippen molar-refractivity contribution >= 4 is 28.3 Å². The quantitative estimate of drug-likeness (QED) is 0.574. The third-order valence-electron chi connectivity index (χ3n) is 4.46. The van der Waals surface area contributed by atoms with Crippen LogP contribution in [0.3, 0.4) is 0 Å². The molecule has 8 heteroatoms. The summed E-state index contributed by atoms with van der Waals surface area (Å²) in [5.74, 6) is -0.622. The summed E-state index contributed by atoms with van der Waals surface area (Å²) in [5, 5.41) is 3.44. The summed E-state index contributed by atoms with van der Waals surface area (Å²) in [6.45, 7) is 2.86. The molecule has 1 aliphatic heterocycles. The molecular formula is C17H18FN5OS. The van der Waals surface area contributed by atoms with Crippen molar-refractivity contribution in [3.05, 3.63) is 40.0 Å². The van der Waals surface area contributed by atoms with Crippen molar-refractivity contribution < 1.29 is 9.18 Å². The van der Waals surface area contributed by atoms with Crippen molar-refractivity contribution in [3.63, 3.8) is 0 Å². The largest absolute Gasteiger partial charge is 0.366 e. The van der Waals surface area contributed by atoms with Gasteiger partial charge in [-0.15, -0.1) is 11.3 Å². The number of halogens is 1. The van der Waals surface area contributed by atoms with Crippen LogP contribution in [0.15, 0.2) is 18.2 Å². The van der Waals surface area contributed by atoms with Crippen molar-refractivity contribution in [3.8, 4) is 10.7 Å². The fourth-order valence-electron chi connectivity index (χ4n) is 3.28. The van der Waals surface area contributed by atoms with Crippen LogP contribution < -0.4 is 16.8 Å². The molecule has 0 fully saturated rings. The van der Waals surface area contributed by atoms with Crippen molar-refractivity contribution in [1.82, 2.24) is 15.3 Å². The Morgan fingerprint density at radius 1 is 1.44 bits per heavy atom. The molecule has 3 heterocycles. The van der Waals surface area contributed by atoms with E-state index in [-0.39, 0.29) is 17.6 Å². The van der Waals surface area contributed by atoms with Gasteiger partial charge in [-0.2, -0.15) is 0 Å². The van der Waals surface area contributed by atoms with Crippen LogP contribution in [-0.4, -0.2) is 28.5 Å². The lowest BCUT2D eigenvalue weighted by molar-refractivity contribution is 0.100. The van der Waals surface area contributed by atoms with Gasteiger partial charge >= 0.3 is 0 Å². The van der Waals surface area contributed by atoms with Crippen LogP contribution in [-0.2, 0) is 6.42 Å². The molecule has 25 heavy (non-hydrogen) atoms. The number of carbonyl (C=O) groups excluding carboxylic acids is 1. The Morgan fingerprint density at radius 3 is 2.96 bits per heavy atom. The minimum Gasteiger partial charge on any atom is -0.366 e. The number of benzene rings is 1. The molecule has 4 rings (SSSR count). The Balaban J connectivity index is 1.83. The van der Waals surface area contributed by atoms with Gasteiger partial charge in [-0.05, 0) is 43.7 Å². The second-order valence-electron chi connectivity index (χ2n) is 6.34. The van der Waals surface area contributed by atoms with Crippen LogP contribution in [0.4, 0.5) is 4.39 Å². The standard InChI is InChI=1S/C17H18FN5OS/c1-7(19)13-15-8(2-3-21-13)4-12(25-15)17-22-11-6-9(18)5-10(16(20)24)14(11)23-17/h4-7,13,21H,2-3,19H2,1H3,(H2,20,24)(H,22,23). The average molecular weight is 359 g/mol. The van der Waals surface area contributed by atoms with E-state index in [0.29, 0.717) is 16.9 Å². The van der Waals surface area contributed by atoms with Crippen LogP contribution in [0.25, 0.3) is 21.7 Å². The highest BCUT2D eigenvalue weighted by Crippen LogP contribution is 2.37. The van der Waals surface area contributed by atoms with Crippen molar-refractivity contribution in [2.24, 2.45) is 11.5 Å². The third-order valence-corrected chi connectivity index (χ3v) is 5.73. The highest BCUT2D eigenvalue weighted by Gasteiger charge is 2.26. The Morgan fingerprint density at radius 2 is 2.24 bits per heavy atom. The molecule has 130 valence electrons. The molecule has 0 bridgehead atoms. The number of thiophene rings is 1. The molecule has 1 aromatic carbocycles. The number of amides is 1. The molecule has 0 radical (unpaired) electrons. The monoisotopic (exact) mass is 359 g/mol. The lowest BCUT2D eigenvalue weighted by Crippen LogP contribution is -2.39. The Kier molecular flexibility index (Phi) is 3.82. The predicted octanol–water partition coefficient (Wildman–Crippen LogP) is 2.06. The maximum Gasteiger partial charge on any atom is 0.251 e. The second kappa shape index (κ2) is 5.91. The van der Waals surface area contributed by atoms with Gasteiger partial charge in [0.05, 0.1) is 22.0 Å². The molecule has 6 N–H and O–H groups in total. The summed E-state index contributed by atoms with van der Waals surface area (Å²) in [7, 11) is 0. The van der Waals surface area contributed by atoms with Gasteiger partial charge < -0.3 is 21.8 Å². The molecule has 0 spiro atoms. The summed E-state index contributed by atoms with van der Waals surface area (Å²) < 4.78 is 13.7. The fraction of sp³-hybridized carbons (Fsp3) is 0.294. The minimum absolute atomic E-state index is 0.00298. The number of H-pyrrole nitrogens is 1. The zero-order valence-corrected chi connectivity index (χ0v) is 14.4. The Bertz CT molecular complexity index is 977. The van der Waals surface area contributed by atoms with Crippen LogP contribution in [0.1, 0.15) is 33.8 Å². The van der Waals surface area contributed by atoms with Crippen LogP contribution in [0.2, 0.25) is 0 Å². The van der Waals surface area contributed by atoms with E-state index in [1.54, 1.807) is 11.3 Å². The molecule has 1 aliphatic rings. The van der Waals surface area contributed by atoms with Gasteiger partial charge in [0.15, 0.2) is 0 Å². The molecule has 0 saturated carbocycles. The zero-order valence-electron chi connectivity index (χ0n) is 13.6. The molecule has 3 aromatic rings. The normalized spacial score (nSPS) is 18.3. The first-order valence-electron chi connectivity index (χ1n) is 8.05. The van der Waals surface area contributed by atoms with Crippen molar-refractivity contribution in [2.75, 3.05) is 6.54 Å². The first-order chi connectivity index (χ1) is 11.9. The van der Waals surface area contributed by atoms with E-state index in [2.05, 4.69) is 21.4 Å². The summed E-state index contributed by atoms with van der Waals surface area (Å²) in [5.41, 5.74) is 13.6. The van der Waals surface area contributed by atoms with Crippen molar-refractivity contribution in [2.45, 2.75) is 25.4 Å². The molecule has 0 aliphatic carbocycles. The number of primary amides is 1. The zero-order chi connectivity index (χ0) is 17.7. The average Bonchev–Trinajstić information content (AvgIpc) is 3.16. The van der Waals surface area contributed by atoms with E-state index in [1.807, 2.05) is 6.92 Å². The highest BCUT2D eigenvalue weighted by molar-refractivity contribution is 7.15. The first kappa shape index (κ1) is 16.2. The predicted molar refractivity (Wildman–Crippen MR) is 96.0 cm³/mol. The third kappa shape index (κ3) is 2.72. The van der Waals surface area contributed by atoms with Gasteiger partial charge in [0.2, 0.25) is 0 Å². The van der Waals surface area contributed by atoms with E-state index in [1.165, 1.54) is 16.5 Å². The lowest BCUT2D eigenvalue weighted by atomic mass is 9.99. The Hall–Kier alpha value is -2.29. The molecule has 0 saturated heterocycles. The van der Waals surface area contributed by atoms with Gasteiger partial charge in [0.25, 0.3) is 5.91 Å².